The van der Waals surface area contributed by atoms with E-state index in [-0.39, 0.29) is 5.70 Å². The summed E-state index contributed by atoms with van der Waals surface area (Å²) in [5, 5.41) is 5.86. The summed E-state index contributed by atoms with van der Waals surface area (Å²) in [5.41, 5.74) is 2.30. The number of anilines is 2. The van der Waals surface area contributed by atoms with Gasteiger partial charge >= 0.3 is 0 Å². The van der Waals surface area contributed by atoms with E-state index in [0.717, 1.165) is 10.5 Å². The maximum atomic E-state index is 13.4. The van der Waals surface area contributed by atoms with Gasteiger partial charge in [-0.1, -0.05) is 35.3 Å². The van der Waals surface area contributed by atoms with E-state index in [0.29, 0.717) is 37.6 Å². The van der Waals surface area contributed by atoms with Crippen LogP contribution in [0.25, 0.3) is 5.57 Å². The van der Waals surface area contributed by atoms with Gasteiger partial charge in [0, 0.05) is 15.6 Å². The minimum absolute atomic E-state index is 0.194. The van der Waals surface area contributed by atoms with Crippen molar-refractivity contribution >= 4 is 63.3 Å². The van der Waals surface area contributed by atoms with Crippen LogP contribution < -0.4 is 15.0 Å². The van der Waals surface area contributed by atoms with E-state index in [2.05, 4.69) is 5.32 Å². The molecule has 2 heterocycles. The molecule has 0 saturated carbocycles. The summed E-state index contributed by atoms with van der Waals surface area (Å²) < 4.78 is 5.17. The van der Waals surface area contributed by atoms with E-state index >= 15 is 0 Å². The van der Waals surface area contributed by atoms with Crippen LogP contribution in [0, 0.1) is 6.92 Å². The largest absolute Gasteiger partial charge is 0.495 e. The predicted molar refractivity (Wildman–Crippen MR) is 122 cm³/mol. The number of thiophene rings is 1. The van der Waals surface area contributed by atoms with Gasteiger partial charge in [0.2, 0.25) is 0 Å². The third-order valence-electron chi connectivity index (χ3n) is 4.77. The van der Waals surface area contributed by atoms with Crippen LogP contribution in [0.5, 0.6) is 5.75 Å². The third kappa shape index (κ3) is 3.47. The van der Waals surface area contributed by atoms with Gasteiger partial charge in [-0.2, -0.15) is 0 Å². The number of methoxy groups -OCH3 is 1. The molecule has 2 amide bonds. The van der Waals surface area contributed by atoms with E-state index in [4.69, 9.17) is 27.9 Å². The van der Waals surface area contributed by atoms with Gasteiger partial charge in [-0.05, 0) is 54.3 Å². The number of carbonyl (C=O) groups is 2. The Balaban J connectivity index is 1.81. The Hall–Kier alpha value is -2.80. The molecule has 30 heavy (non-hydrogen) atoms. The van der Waals surface area contributed by atoms with E-state index in [9.17, 15) is 9.59 Å². The van der Waals surface area contributed by atoms with Gasteiger partial charge in [0.15, 0.2) is 0 Å². The lowest BCUT2D eigenvalue weighted by Gasteiger charge is -2.17. The summed E-state index contributed by atoms with van der Waals surface area (Å²) in [4.78, 5) is 28.5. The molecular weight excluding hydrogens is 443 g/mol. The van der Waals surface area contributed by atoms with Crippen molar-refractivity contribution in [3.05, 3.63) is 80.1 Å². The predicted octanol–water partition coefficient (Wildman–Crippen LogP) is 5.77. The normalized spacial score (nSPS) is 13.9. The molecule has 1 aliphatic heterocycles. The quantitative estimate of drug-likeness (QED) is 0.493. The van der Waals surface area contributed by atoms with E-state index in [1.165, 1.54) is 24.5 Å². The molecule has 2 aromatic carbocycles. The number of imide groups is 1. The monoisotopic (exact) mass is 458 g/mol. The SMILES string of the molecule is COc1ccc(N2C(=O)C(Nc3cccc(Cl)c3C)=C(c3cccs3)C2=O)cc1Cl. The highest BCUT2D eigenvalue weighted by molar-refractivity contribution is 7.11. The zero-order valence-electron chi connectivity index (χ0n) is 16.0. The van der Waals surface area contributed by atoms with Crippen LogP contribution in [0.3, 0.4) is 0 Å². The molecule has 1 N–H and O–H groups in total. The molecule has 1 aromatic heterocycles. The summed E-state index contributed by atoms with van der Waals surface area (Å²) >= 11 is 13.8. The van der Waals surface area contributed by atoms with Crippen LogP contribution in [0.2, 0.25) is 10.0 Å². The first-order chi connectivity index (χ1) is 14.4. The summed E-state index contributed by atoms with van der Waals surface area (Å²) in [6, 6.07) is 13.8. The van der Waals surface area contributed by atoms with Gasteiger partial charge in [-0.25, -0.2) is 4.90 Å². The highest BCUT2D eigenvalue weighted by Gasteiger charge is 2.41. The number of carbonyl (C=O) groups excluding carboxylic acids is 2. The van der Waals surface area contributed by atoms with E-state index in [1.807, 2.05) is 30.5 Å². The minimum Gasteiger partial charge on any atom is -0.495 e. The molecule has 0 saturated heterocycles. The summed E-state index contributed by atoms with van der Waals surface area (Å²) in [6.45, 7) is 1.85. The van der Waals surface area contributed by atoms with Crippen molar-refractivity contribution < 1.29 is 14.3 Å². The van der Waals surface area contributed by atoms with Gasteiger partial charge in [0.25, 0.3) is 11.8 Å². The molecule has 0 spiro atoms. The number of amides is 2. The Kier molecular flexibility index (Phi) is 5.56. The molecule has 0 fully saturated rings. The first-order valence-corrected chi connectivity index (χ1v) is 10.6. The van der Waals surface area contributed by atoms with Crippen LogP contribution in [0.1, 0.15) is 10.4 Å². The van der Waals surface area contributed by atoms with Crippen molar-refractivity contribution in [2.45, 2.75) is 6.92 Å². The van der Waals surface area contributed by atoms with Crippen LogP contribution in [0.4, 0.5) is 11.4 Å². The Morgan fingerprint density at radius 2 is 1.80 bits per heavy atom. The molecule has 0 radical (unpaired) electrons. The molecule has 0 bridgehead atoms. The molecule has 0 aliphatic carbocycles. The van der Waals surface area contributed by atoms with Crippen molar-refractivity contribution in [2.75, 3.05) is 17.3 Å². The fourth-order valence-corrected chi connectivity index (χ4v) is 4.40. The number of ether oxygens (including phenoxy) is 1. The second-order valence-corrected chi connectivity index (χ2v) is 8.29. The lowest BCUT2D eigenvalue weighted by molar-refractivity contribution is -0.120. The minimum atomic E-state index is -0.469. The Labute approximate surface area is 187 Å². The van der Waals surface area contributed by atoms with E-state index < -0.39 is 11.8 Å². The van der Waals surface area contributed by atoms with Gasteiger partial charge in [-0.3, -0.25) is 9.59 Å². The number of nitrogens with zero attached hydrogens (tertiary/aromatic N) is 1. The second-order valence-electron chi connectivity index (χ2n) is 6.53. The highest BCUT2D eigenvalue weighted by atomic mass is 35.5. The Morgan fingerprint density at radius 1 is 1.00 bits per heavy atom. The fraction of sp³-hybridized carbons (Fsp3) is 0.0909. The average Bonchev–Trinajstić information content (AvgIpc) is 3.32. The zero-order valence-corrected chi connectivity index (χ0v) is 18.4. The Bertz CT molecular complexity index is 1190. The Morgan fingerprint density at radius 3 is 2.47 bits per heavy atom. The maximum Gasteiger partial charge on any atom is 0.282 e. The first-order valence-electron chi connectivity index (χ1n) is 8.95. The number of rotatable bonds is 5. The molecule has 3 aromatic rings. The standard InChI is InChI=1S/C22H16Cl2N2O3S/c1-12-14(23)5-3-6-16(12)25-20-19(18-7-4-10-30-18)21(27)26(22(20)28)13-8-9-17(29-2)15(24)11-13/h3-11,25H,1-2H3. The van der Waals surface area contributed by atoms with Crippen molar-refractivity contribution in [1.29, 1.82) is 0 Å². The van der Waals surface area contributed by atoms with E-state index in [1.54, 1.807) is 24.3 Å². The lowest BCUT2D eigenvalue weighted by atomic mass is 10.1. The number of benzene rings is 2. The number of hydrogen-bond acceptors (Lipinski definition) is 5. The van der Waals surface area contributed by atoms with Crippen molar-refractivity contribution in [3.8, 4) is 5.75 Å². The molecule has 0 atom stereocenters. The fourth-order valence-electron chi connectivity index (χ4n) is 3.20. The first kappa shape index (κ1) is 20.5. The van der Waals surface area contributed by atoms with Gasteiger partial charge in [-0.15, -0.1) is 11.3 Å². The molecule has 4 rings (SSSR count). The van der Waals surface area contributed by atoms with Crippen LogP contribution in [0.15, 0.2) is 59.6 Å². The maximum absolute atomic E-state index is 13.4. The summed E-state index contributed by atoms with van der Waals surface area (Å²) in [6.07, 6.45) is 0. The van der Waals surface area contributed by atoms with Crippen LogP contribution >= 0.6 is 34.5 Å². The topological polar surface area (TPSA) is 58.6 Å². The van der Waals surface area contributed by atoms with Crippen LogP contribution in [-0.2, 0) is 9.59 Å². The van der Waals surface area contributed by atoms with Gasteiger partial charge < -0.3 is 10.1 Å². The van der Waals surface area contributed by atoms with Crippen molar-refractivity contribution in [1.82, 2.24) is 0 Å². The summed E-state index contributed by atoms with van der Waals surface area (Å²) in [5.74, 6) is -0.436. The zero-order chi connectivity index (χ0) is 21.4. The molecule has 152 valence electrons. The van der Waals surface area contributed by atoms with Crippen LogP contribution in [-0.4, -0.2) is 18.9 Å². The summed E-state index contributed by atoms with van der Waals surface area (Å²) in [7, 11) is 1.50. The van der Waals surface area contributed by atoms with Gasteiger partial charge in [0.05, 0.1) is 23.4 Å². The lowest BCUT2D eigenvalue weighted by Crippen LogP contribution is -2.32. The number of hydrogen-bond donors (Lipinski definition) is 1. The highest BCUT2D eigenvalue weighted by Crippen LogP contribution is 2.38. The van der Waals surface area contributed by atoms with Crippen molar-refractivity contribution in [2.24, 2.45) is 0 Å². The third-order valence-corrected chi connectivity index (χ3v) is 6.36. The van der Waals surface area contributed by atoms with Crippen molar-refractivity contribution in [3.63, 3.8) is 0 Å². The smallest absolute Gasteiger partial charge is 0.282 e. The molecular formula is C22H16Cl2N2O3S. The molecule has 8 heteroatoms. The second kappa shape index (κ2) is 8.14. The molecule has 5 nitrogen and oxygen atoms in total. The average molecular weight is 459 g/mol. The molecule has 1 aliphatic rings. The van der Waals surface area contributed by atoms with Gasteiger partial charge in [0.1, 0.15) is 11.4 Å². The number of nitrogens with one attached hydrogen (secondary N) is 1. The number of halogens is 2. The molecule has 0 unspecified atom stereocenters.